The standard InChI is InChI=1S/C19H24FN3O2/c1-14-12-18(22-21-14)19(24)23(9-6-15-7-10-25-11-8-15)13-16-4-2-3-5-17(16)20/h2-5,12,15H,6-11,13H2,1H3,(H,21,22). The number of hydrogen-bond donors (Lipinski definition) is 1. The maximum absolute atomic E-state index is 14.0. The van der Waals surface area contributed by atoms with E-state index in [0.717, 1.165) is 38.2 Å². The van der Waals surface area contributed by atoms with Crippen LogP contribution >= 0.6 is 0 Å². The molecule has 1 amide bonds. The van der Waals surface area contributed by atoms with Crippen molar-refractivity contribution >= 4 is 5.91 Å². The maximum Gasteiger partial charge on any atom is 0.274 e. The van der Waals surface area contributed by atoms with Gasteiger partial charge in [-0.05, 0) is 44.2 Å². The number of carbonyl (C=O) groups excluding carboxylic acids is 1. The molecule has 1 aromatic carbocycles. The first kappa shape index (κ1) is 17.6. The minimum Gasteiger partial charge on any atom is -0.381 e. The summed E-state index contributed by atoms with van der Waals surface area (Å²) in [6.45, 7) is 4.26. The van der Waals surface area contributed by atoms with Gasteiger partial charge in [0.15, 0.2) is 0 Å². The van der Waals surface area contributed by atoms with Crippen molar-refractivity contribution in [1.82, 2.24) is 15.1 Å². The fourth-order valence-corrected chi connectivity index (χ4v) is 3.15. The van der Waals surface area contributed by atoms with E-state index in [4.69, 9.17) is 4.74 Å². The number of halogens is 1. The van der Waals surface area contributed by atoms with Gasteiger partial charge in [0.25, 0.3) is 5.91 Å². The Balaban J connectivity index is 1.72. The van der Waals surface area contributed by atoms with Crippen molar-refractivity contribution in [3.05, 3.63) is 53.1 Å². The molecule has 2 aromatic rings. The summed E-state index contributed by atoms with van der Waals surface area (Å²) in [5.41, 5.74) is 1.73. The van der Waals surface area contributed by atoms with Crippen molar-refractivity contribution in [3.63, 3.8) is 0 Å². The summed E-state index contributed by atoms with van der Waals surface area (Å²) in [5.74, 6) is 0.0924. The lowest BCUT2D eigenvalue weighted by molar-refractivity contribution is 0.0554. The Kier molecular flexibility index (Phi) is 5.81. The Morgan fingerprint density at radius 3 is 2.80 bits per heavy atom. The molecule has 0 unspecified atom stereocenters. The van der Waals surface area contributed by atoms with E-state index in [0.29, 0.717) is 23.7 Å². The van der Waals surface area contributed by atoms with Gasteiger partial charge in [-0.3, -0.25) is 9.89 Å². The molecular formula is C19H24FN3O2. The Bertz CT molecular complexity index is 710. The average Bonchev–Trinajstić information content (AvgIpc) is 3.07. The van der Waals surface area contributed by atoms with E-state index in [9.17, 15) is 9.18 Å². The van der Waals surface area contributed by atoms with Crippen LogP contribution in [0, 0.1) is 18.7 Å². The van der Waals surface area contributed by atoms with Crippen LogP contribution in [0.25, 0.3) is 0 Å². The molecule has 1 fully saturated rings. The highest BCUT2D eigenvalue weighted by Crippen LogP contribution is 2.20. The molecule has 25 heavy (non-hydrogen) atoms. The summed E-state index contributed by atoms with van der Waals surface area (Å²) < 4.78 is 19.4. The molecule has 3 rings (SSSR count). The summed E-state index contributed by atoms with van der Waals surface area (Å²) in [4.78, 5) is 14.5. The van der Waals surface area contributed by atoms with Gasteiger partial charge in [0.05, 0.1) is 0 Å². The lowest BCUT2D eigenvalue weighted by Gasteiger charge is -2.27. The predicted molar refractivity (Wildman–Crippen MR) is 92.6 cm³/mol. The largest absolute Gasteiger partial charge is 0.381 e. The van der Waals surface area contributed by atoms with Crippen LogP contribution in [0.5, 0.6) is 0 Å². The van der Waals surface area contributed by atoms with Crippen LogP contribution < -0.4 is 0 Å². The fraction of sp³-hybridized carbons (Fsp3) is 0.474. The summed E-state index contributed by atoms with van der Waals surface area (Å²) in [5, 5.41) is 6.86. The third-order valence-electron chi connectivity index (χ3n) is 4.68. The second-order valence-electron chi connectivity index (χ2n) is 6.60. The smallest absolute Gasteiger partial charge is 0.274 e. The van der Waals surface area contributed by atoms with Crippen molar-refractivity contribution < 1.29 is 13.9 Å². The third kappa shape index (κ3) is 4.66. The lowest BCUT2D eigenvalue weighted by atomic mass is 9.96. The maximum atomic E-state index is 14.0. The number of H-pyrrole nitrogens is 1. The molecule has 134 valence electrons. The molecule has 6 heteroatoms. The molecule has 1 aliphatic rings. The van der Waals surface area contributed by atoms with Gasteiger partial charge >= 0.3 is 0 Å². The predicted octanol–water partition coefficient (Wildman–Crippen LogP) is 3.32. The zero-order chi connectivity index (χ0) is 17.6. The highest BCUT2D eigenvalue weighted by atomic mass is 19.1. The number of aromatic amines is 1. The van der Waals surface area contributed by atoms with Crippen LogP contribution in [0.1, 0.15) is 41.0 Å². The van der Waals surface area contributed by atoms with Crippen LogP contribution in [0.3, 0.4) is 0 Å². The summed E-state index contributed by atoms with van der Waals surface area (Å²) in [7, 11) is 0. The molecule has 1 aliphatic heterocycles. The van der Waals surface area contributed by atoms with Gasteiger partial charge in [0, 0.05) is 37.6 Å². The van der Waals surface area contributed by atoms with Crippen molar-refractivity contribution in [3.8, 4) is 0 Å². The zero-order valence-electron chi connectivity index (χ0n) is 14.5. The first-order valence-corrected chi connectivity index (χ1v) is 8.76. The van der Waals surface area contributed by atoms with Crippen molar-refractivity contribution in [2.24, 2.45) is 5.92 Å². The SMILES string of the molecule is Cc1cc(C(=O)N(CCC2CCOCC2)Cc2ccccc2F)n[nH]1. The van der Waals surface area contributed by atoms with Crippen molar-refractivity contribution in [1.29, 1.82) is 0 Å². The second kappa shape index (κ2) is 8.25. The van der Waals surface area contributed by atoms with E-state index in [-0.39, 0.29) is 18.3 Å². The van der Waals surface area contributed by atoms with Gasteiger partial charge < -0.3 is 9.64 Å². The van der Waals surface area contributed by atoms with Crippen LogP contribution in [0.15, 0.2) is 30.3 Å². The topological polar surface area (TPSA) is 58.2 Å². The molecule has 0 bridgehead atoms. The number of nitrogens with one attached hydrogen (secondary N) is 1. The molecule has 1 N–H and O–H groups in total. The molecule has 0 radical (unpaired) electrons. The van der Waals surface area contributed by atoms with Gasteiger partial charge in [-0.2, -0.15) is 5.10 Å². The first-order valence-electron chi connectivity index (χ1n) is 8.76. The third-order valence-corrected chi connectivity index (χ3v) is 4.68. The fourth-order valence-electron chi connectivity index (χ4n) is 3.15. The first-order chi connectivity index (χ1) is 12.1. The van der Waals surface area contributed by atoms with E-state index in [1.54, 1.807) is 29.2 Å². The van der Waals surface area contributed by atoms with E-state index < -0.39 is 0 Å². The number of nitrogens with zero attached hydrogens (tertiary/aromatic N) is 2. The van der Waals surface area contributed by atoms with Crippen LogP contribution in [0.2, 0.25) is 0 Å². The number of amides is 1. The highest BCUT2D eigenvalue weighted by Gasteiger charge is 2.22. The number of rotatable bonds is 6. The molecule has 2 heterocycles. The Morgan fingerprint density at radius 1 is 1.36 bits per heavy atom. The average molecular weight is 345 g/mol. The quantitative estimate of drug-likeness (QED) is 0.874. The van der Waals surface area contributed by atoms with Gasteiger partial charge in [0.1, 0.15) is 11.5 Å². The number of benzene rings is 1. The van der Waals surface area contributed by atoms with Crippen LogP contribution in [-0.2, 0) is 11.3 Å². The number of ether oxygens (including phenoxy) is 1. The van der Waals surface area contributed by atoms with Gasteiger partial charge in [-0.25, -0.2) is 4.39 Å². The highest BCUT2D eigenvalue weighted by molar-refractivity contribution is 5.92. The molecule has 0 saturated carbocycles. The second-order valence-corrected chi connectivity index (χ2v) is 6.60. The molecule has 1 saturated heterocycles. The van der Waals surface area contributed by atoms with E-state index >= 15 is 0 Å². The normalized spacial score (nSPS) is 15.3. The molecule has 0 aliphatic carbocycles. The monoisotopic (exact) mass is 345 g/mol. The van der Waals surface area contributed by atoms with E-state index in [1.807, 2.05) is 6.92 Å². The number of aromatic nitrogens is 2. The minimum absolute atomic E-state index is 0.167. The summed E-state index contributed by atoms with van der Waals surface area (Å²) in [6, 6.07) is 8.32. The Labute approximate surface area is 147 Å². The Morgan fingerprint density at radius 2 is 2.12 bits per heavy atom. The van der Waals surface area contributed by atoms with Gasteiger partial charge in [0.2, 0.25) is 0 Å². The number of hydrogen-bond acceptors (Lipinski definition) is 3. The van der Waals surface area contributed by atoms with E-state index in [1.165, 1.54) is 6.07 Å². The molecule has 1 aromatic heterocycles. The minimum atomic E-state index is -0.287. The van der Waals surface area contributed by atoms with Crippen molar-refractivity contribution in [2.45, 2.75) is 32.7 Å². The molecule has 5 nitrogen and oxygen atoms in total. The number of carbonyl (C=O) groups is 1. The van der Waals surface area contributed by atoms with Crippen LogP contribution in [-0.4, -0.2) is 40.8 Å². The molecule has 0 atom stereocenters. The number of aryl methyl sites for hydroxylation is 1. The zero-order valence-corrected chi connectivity index (χ0v) is 14.5. The van der Waals surface area contributed by atoms with Gasteiger partial charge in [-0.15, -0.1) is 0 Å². The Hall–Kier alpha value is -2.21. The lowest BCUT2D eigenvalue weighted by Crippen LogP contribution is -2.33. The molecule has 0 spiro atoms. The van der Waals surface area contributed by atoms with Crippen LogP contribution in [0.4, 0.5) is 4.39 Å². The summed E-state index contributed by atoms with van der Waals surface area (Å²) >= 11 is 0. The van der Waals surface area contributed by atoms with E-state index in [2.05, 4.69) is 10.2 Å². The molecular weight excluding hydrogens is 321 g/mol. The van der Waals surface area contributed by atoms with Gasteiger partial charge in [-0.1, -0.05) is 18.2 Å². The van der Waals surface area contributed by atoms with Crippen molar-refractivity contribution in [2.75, 3.05) is 19.8 Å². The summed E-state index contributed by atoms with van der Waals surface area (Å²) in [6.07, 6.45) is 2.93.